The van der Waals surface area contributed by atoms with Gasteiger partial charge in [0.15, 0.2) is 0 Å². The van der Waals surface area contributed by atoms with Crippen LogP contribution in [0.25, 0.3) is 0 Å². The molecule has 1 amide bonds. The fraction of sp³-hybridized carbons (Fsp3) is 0.500. The SMILES string of the molecule is CCc1cc(S(=O)(=O)NC2CCC(C(=O)NC(C)c3ccc(F)cc3)CC2)cnc1CC. The molecule has 0 saturated heterocycles. The Morgan fingerprint density at radius 3 is 2.38 bits per heavy atom. The highest BCUT2D eigenvalue weighted by Gasteiger charge is 2.30. The molecule has 0 spiro atoms. The van der Waals surface area contributed by atoms with Crippen LogP contribution in [0.3, 0.4) is 0 Å². The first kappa shape index (κ1) is 24.3. The van der Waals surface area contributed by atoms with E-state index >= 15 is 0 Å². The van der Waals surface area contributed by atoms with Crippen LogP contribution in [0, 0.1) is 11.7 Å². The molecule has 2 N–H and O–H groups in total. The van der Waals surface area contributed by atoms with Crippen molar-refractivity contribution in [2.45, 2.75) is 76.3 Å². The second-order valence-corrected chi connectivity index (χ2v) is 10.1. The van der Waals surface area contributed by atoms with Crippen LogP contribution in [0.5, 0.6) is 0 Å². The van der Waals surface area contributed by atoms with Crippen molar-refractivity contribution in [2.24, 2.45) is 5.92 Å². The van der Waals surface area contributed by atoms with Crippen LogP contribution >= 0.6 is 0 Å². The van der Waals surface area contributed by atoms with E-state index in [1.165, 1.54) is 18.3 Å². The number of benzene rings is 1. The molecule has 1 saturated carbocycles. The molecular formula is C24H32FN3O3S. The number of carbonyl (C=O) groups is 1. The van der Waals surface area contributed by atoms with E-state index in [0.29, 0.717) is 25.7 Å². The van der Waals surface area contributed by atoms with Crippen LogP contribution in [-0.2, 0) is 27.7 Å². The van der Waals surface area contributed by atoms with Crippen molar-refractivity contribution in [3.05, 3.63) is 59.2 Å². The Morgan fingerprint density at radius 2 is 1.78 bits per heavy atom. The molecule has 1 aliphatic rings. The van der Waals surface area contributed by atoms with Crippen LogP contribution in [0.2, 0.25) is 0 Å². The molecule has 1 aromatic carbocycles. The quantitative estimate of drug-likeness (QED) is 0.621. The molecule has 1 aromatic heterocycles. The van der Waals surface area contributed by atoms with Crippen LogP contribution in [0.4, 0.5) is 4.39 Å². The second kappa shape index (κ2) is 10.5. The number of sulfonamides is 1. The number of carbonyl (C=O) groups excluding carboxylic acids is 1. The van der Waals surface area contributed by atoms with Crippen LogP contribution in [-0.4, -0.2) is 25.4 Å². The van der Waals surface area contributed by atoms with Gasteiger partial charge in [-0.05, 0) is 74.8 Å². The zero-order valence-corrected chi connectivity index (χ0v) is 19.7. The molecule has 1 unspecified atom stereocenters. The number of pyridine rings is 1. The van der Waals surface area contributed by atoms with Crippen molar-refractivity contribution in [3.8, 4) is 0 Å². The van der Waals surface area contributed by atoms with Crippen molar-refractivity contribution >= 4 is 15.9 Å². The van der Waals surface area contributed by atoms with Gasteiger partial charge in [0.05, 0.1) is 6.04 Å². The maximum absolute atomic E-state index is 13.1. The average Bonchev–Trinajstić information content (AvgIpc) is 2.79. The molecule has 8 heteroatoms. The Bertz CT molecular complexity index is 1030. The molecule has 1 atom stereocenters. The summed E-state index contributed by atoms with van der Waals surface area (Å²) in [4.78, 5) is 17.2. The van der Waals surface area contributed by atoms with Gasteiger partial charge in [-0.3, -0.25) is 9.78 Å². The Labute approximate surface area is 190 Å². The van der Waals surface area contributed by atoms with Gasteiger partial charge in [-0.25, -0.2) is 17.5 Å². The summed E-state index contributed by atoms with van der Waals surface area (Å²) in [5.41, 5.74) is 2.72. The summed E-state index contributed by atoms with van der Waals surface area (Å²) >= 11 is 0. The fourth-order valence-electron chi connectivity index (χ4n) is 4.22. The lowest BCUT2D eigenvalue weighted by molar-refractivity contribution is -0.126. The molecule has 0 aliphatic heterocycles. The molecular weight excluding hydrogens is 429 g/mol. The van der Waals surface area contributed by atoms with E-state index in [-0.39, 0.29) is 34.6 Å². The van der Waals surface area contributed by atoms with Crippen molar-refractivity contribution in [1.82, 2.24) is 15.0 Å². The number of halogens is 1. The van der Waals surface area contributed by atoms with Crippen molar-refractivity contribution in [2.75, 3.05) is 0 Å². The highest BCUT2D eigenvalue weighted by atomic mass is 32.2. The normalized spacial score (nSPS) is 20.0. The maximum Gasteiger partial charge on any atom is 0.242 e. The molecule has 1 fully saturated rings. The van der Waals surface area contributed by atoms with E-state index in [0.717, 1.165) is 29.7 Å². The minimum atomic E-state index is -3.66. The number of aryl methyl sites for hydroxylation is 2. The molecule has 1 heterocycles. The van der Waals surface area contributed by atoms with Gasteiger partial charge in [0, 0.05) is 23.9 Å². The number of hydrogen-bond donors (Lipinski definition) is 2. The number of amides is 1. The first-order valence-corrected chi connectivity index (χ1v) is 12.8. The summed E-state index contributed by atoms with van der Waals surface area (Å²) in [5.74, 6) is -0.512. The molecule has 174 valence electrons. The summed E-state index contributed by atoms with van der Waals surface area (Å²) in [6.45, 7) is 5.86. The van der Waals surface area contributed by atoms with Crippen LogP contribution < -0.4 is 10.0 Å². The van der Waals surface area contributed by atoms with Crippen LogP contribution in [0.1, 0.15) is 69.3 Å². The van der Waals surface area contributed by atoms with Crippen molar-refractivity contribution < 1.29 is 17.6 Å². The third kappa shape index (κ3) is 5.92. The smallest absolute Gasteiger partial charge is 0.242 e. The first-order valence-electron chi connectivity index (χ1n) is 11.3. The monoisotopic (exact) mass is 461 g/mol. The standard InChI is InChI=1S/C24H32FN3O3S/c1-4-17-14-22(15-26-23(17)5-2)32(30,31)28-21-12-8-19(9-13-21)24(29)27-16(3)18-6-10-20(25)11-7-18/h6-7,10-11,14-16,19,21,28H,4-5,8-9,12-13H2,1-3H3,(H,27,29). The fourth-order valence-corrected chi connectivity index (χ4v) is 5.51. The Kier molecular flexibility index (Phi) is 8.00. The Hall–Kier alpha value is -2.32. The first-order chi connectivity index (χ1) is 15.2. The lowest BCUT2D eigenvalue weighted by atomic mass is 9.85. The minimum Gasteiger partial charge on any atom is -0.349 e. The molecule has 32 heavy (non-hydrogen) atoms. The van der Waals surface area contributed by atoms with Gasteiger partial charge in [-0.1, -0.05) is 26.0 Å². The lowest BCUT2D eigenvalue weighted by Gasteiger charge is -2.29. The topological polar surface area (TPSA) is 88.2 Å². The van der Waals surface area contributed by atoms with Crippen molar-refractivity contribution in [1.29, 1.82) is 0 Å². The summed E-state index contributed by atoms with van der Waals surface area (Å²) in [7, 11) is -3.66. The van der Waals surface area contributed by atoms with Crippen molar-refractivity contribution in [3.63, 3.8) is 0 Å². The molecule has 2 aromatic rings. The maximum atomic E-state index is 13.1. The Balaban J connectivity index is 1.55. The van der Waals surface area contributed by atoms with Gasteiger partial charge in [0.1, 0.15) is 10.7 Å². The summed E-state index contributed by atoms with van der Waals surface area (Å²) in [5, 5.41) is 2.99. The third-order valence-electron chi connectivity index (χ3n) is 6.21. The summed E-state index contributed by atoms with van der Waals surface area (Å²) in [6.07, 6.45) is 5.35. The van der Waals surface area contributed by atoms with E-state index in [2.05, 4.69) is 15.0 Å². The van der Waals surface area contributed by atoms with Gasteiger partial charge in [-0.2, -0.15) is 0 Å². The Morgan fingerprint density at radius 1 is 1.12 bits per heavy atom. The molecule has 0 bridgehead atoms. The minimum absolute atomic E-state index is 0.0462. The van der Waals surface area contributed by atoms with E-state index in [1.807, 2.05) is 20.8 Å². The van der Waals surface area contributed by atoms with Gasteiger partial charge in [-0.15, -0.1) is 0 Å². The predicted molar refractivity (Wildman–Crippen MR) is 122 cm³/mol. The molecule has 3 rings (SSSR count). The van der Waals surface area contributed by atoms with Gasteiger partial charge in [0.2, 0.25) is 15.9 Å². The van der Waals surface area contributed by atoms with E-state index in [9.17, 15) is 17.6 Å². The van der Waals surface area contributed by atoms with Gasteiger partial charge >= 0.3 is 0 Å². The highest BCUT2D eigenvalue weighted by Crippen LogP contribution is 2.27. The lowest BCUT2D eigenvalue weighted by Crippen LogP contribution is -2.41. The number of hydrogen-bond acceptors (Lipinski definition) is 4. The third-order valence-corrected chi connectivity index (χ3v) is 7.70. The summed E-state index contributed by atoms with van der Waals surface area (Å²) < 4.78 is 41.6. The molecule has 6 nitrogen and oxygen atoms in total. The second-order valence-electron chi connectivity index (χ2n) is 8.44. The average molecular weight is 462 g/mol. The molecule has 1 aliphatic carbocycles. The zero-order chi connectivity index (χ0) is 23.3. The van der Waals surface area contributed by atoms with Gasteiger partial charge in [0.25, 0.3) is 0 Å². The predicted octanol–water partition coefficient (Wildman–Crippen LogP) is 4.06. The van der Waals surface area contributed by atoms with Crippen LogP contribution in [0.15, 0.2) is 41.4 Å². The number of rotatable bonds is 8. The van der Waals surface area contributed by atoms with E-state index < -0.39 is 10.0 Å². The van der Waals surface area contributed by atoms with Gasteiger partial charge < -0.3 is 5.32 Å². The number of nitrogens with zero attached hydrogens (tertiary/aromatic N) is 1. The highest BCUT2D eigenvalue weighted by molar-refractivity contribution is 7.89. The number of nitrogens with one attached hydrogen (secondary N) is 2. The van der Waals surface area contributed by atoms with E-state index in [1.54, 1.807) is 18.2 Å². The zero-order valence-electron chi connectivity index (χ0n) is 18.9. The number of aromatic nitrogens is 1. The summed E-state index contributed by atoms with van der Waals surface area (Å²) in [6, 6.07) is 7.38. The molecule has 0 radical (unpaired) electrons. The largest absolute Gasteiger partial charge is 0.349 e. The van der Waals surface area contributed by atoms with E-state index in [4.69, 9.17) is 0 Å².